The molecule has 3 rings (SSSR count). The van der Waals surface area contributed by atoms with Gasteiger partial charge in [-0.15, -0.1) is 0 Å². The normalized spacial score (nSPS) is 10.6. The van der Waals surface area contributed by atoms with E-state index < -0.39 is 0 Å². The Morgan fingerprint density at radius 2 is 2.00 bits per heavy atom. The molecule has 6 nitrogen and oxygen atoms in total. The summed E-state index contributed by atoms with van der Waals surface area (Å²) in [5.74, 6) is 0.487. The van der Waals surface area contributed by atoms with Gasteiger partial charge in [0.2, 0.25) is 0 Å². The van der Waals surface area contributed by atoms with Crippen LogP contribution in [0, 0.1) is 12.7 Å². The van der Waals surface area contributed by atoms with E-state index in [-0.39, 0.29) is 11.8 Å². The third kappa shape index (κ3) is 4.44. The van der Waals surface area contributed by atoms with Crippen molar-refractivity contribution >= 4 is 11.7 Å². The summed E-state index contributed by atoms with van der Waals surface area (Å²) >= 11 is 0. The Morgan fingerprint density at radius 1 is 1.23 bits per heavy atom. The maximum absolute atomic E-state index is 13.0. The highest BCUT2D eigenvalue weighted by atomic mass is 19.1. The maximum Gasteiger partial charge on any atom is 0.321 e. The van der Waals surface area contributed by atoms with Gasteiger partial charge in [-0.2, -0.15) is 4.98 Å². The highest BCUT2D eigenvalue weighted by Crippen LogP contribution is 2.17. The molecule has 0 bridgehead atoms. The van der Waals surface area contributed by atoms with Gasteiger partial charge >= 0.3 is 6.03 Å². The van der Waals surface area contributed by atoms with Crippen molar-refractivity contribution in [2.75, 3.05) is 18.9 Å². The van der Waals surface area contributed by atoms with Crippen LogP contribution in [0.2, 0.25) is 0 Å². The van der Waals surface area contributed by atoms with Gasteiger partial charge in [-0.1, -0.05) is 17.3 Å². The van der Waals surface area contributed by atoms with E-state index in [9.17, 15) is 9.18 Å². The lowest BCUT2D eigenvalue weighted by Gasteiger charge is -2.17. The molecule has 2 aromatic carbocycles. The fourth-order valence-corrected chi connectivity index (χ4v) is 2.38. The van der Waals surface area contributed by atoms with Crippen LogP contribution in [-0.2, 0) is 6.42 Å². The van der Waals surface area contributed by atoms with Crippen LogP contribution in [0.25, 0.3) is 11.5 Å². The van der Waals surface area contributed by atoms with Crippen molar-refractivity contribution in [2.24, 2.45) is 0 Å². The molecule has 0 fully saturated rings. The number of hydrogen-bond acceptors (Lipinski definition) is 4. The predicted molar refractivity (Wildman–Crippen MR) is 96.2 cm³/mol. The first-order valence-electron chi connectivity index (χ1n) is 8.18. The van der Waals surface area contributed by atoms with Gasteiger partial charge in [-0.25, -0.2) is 9.18 Å². The van der Waals surface area contributed by atoms with Crippen LogP contribution in [0.15, 0.2) is 53.1 Å². The second-order valence-electron chi connectivity index (χ2n) is 5.99. The molecule has 1 aromatic heterocycles. The Kier molecular flexibility index (Phi) is 5.26. The Bertz CT molecular complexity index is 893. The van der Waals surface area contributed by atoms with Crippen molar-refractivity contribution in [2.45, 2.75) is 13.3 Å². The number of benzene rings is 2. The van der Waals surface area contributed by atoms with E-state index in [4.69, 9.17) is 4.52 Å². The standard InChI is InChI=1S/C19H19FN4O2/c1-13-4-3-5-16(12-13)21-19(25)24(2)11-10-17-22-18(26-23-17)14-6-8-15(20)9-7-14/h3-9,12H,10-11H2,1-2H3,(H,21,25). The molecule has 26 heavy (non-hydrogen) atoms. The average Bonchev–Trinajstić information content (AvgIpc) is 3.09. The molecule has 0 saturated heterocycles. The van der Waals surface area contributed by atoms with Gasteiger partial charge in [0.1, 0.15) is 5.82 Å². The molecule has 0 spiro atoms. The summed E-state index contributed by atoms with van der Waals surface area (Å²) in [6.45, 7) is 2.40. The predicted octanol–water partition coefficient (Wildman–Crippen LogP) is 3.89. The largest absolute Gasteiger partial charge is 0.334 e. The highest BCUT2D eigenvalue weighted by molar-refractivity contribution is 5.89. The van der Waals surface area contributed by atoms with E-state index in [1.807, 2.05) is 31.2 Å². The van der Waals surface area contributed by atoms with Crippen molar-refractivity contribution in [3.63, 3.8) is 0 Å². The minimum atomic E-state index is -0.324. The lowest BCUT2D eigenvalue weighted by atomic mass is 10.2. The monoisotopic (exact) mass is 354 g/mol. The zero-order valence-electron chi connectivity index (χ0n) is 14.6. The molecule has 0 aliphatic carbocycles. The van der Waals surface area contributed by atoms with Gasteiger partial charge in [-0.05, 0) is 48.9 Å². The first kappa shape index (κ1) is 17.6. The molecule has 0 saturated carbocycles. The molecule has 0 atom stereocenters. The Labute approximate surface area is 150 Å². The number of nitrogens with one attached hydrogen (secondary N) is 1. The van der Waals surface area contributed by atoms with E-state index in [0.29, 0.717) is 30.2 Å². The molecule has 0 aliphatic rings. The summed E-state index contributed by atoms with van der Waals surface area (Å²) in [6.07, 6.45) is 0.447. The number of anilines is 1. The maximum atomic E-state index is 13.0. The summed E-state index contributed by atoms with van der Waals surface area (Å²) in [5, 5.41) is 6.75. The van der Waals surface area contributed by atoms with E-state index >= 15 is 0 Å². The molecule has 0 unspecified atom stereocenters. The Hall–Kier alpha value is -3.22. The molecule has 0 radical (unpaired) electrons. The third-order valence-corrected chi connectivity index (χ3v) is 3.85. The third-order valence-electron chi connectivity index (χ3n) is 3.85. The number of halogens is 1. The quantitative estimate of drug-likeness (QED) is 0.754. The molecule has 134 valence electrons. The summed E-state index contributed by atoms with van der Waals surface area (Å²) in [5.41, 5.74) is 2.47. The van der Waals surface area contributed by atoms with Crippen LogP contribution < -0.4 is 5.32 Å². The molecule has 1 N–H and O–H groups in total. The van der Waals surface area contributed by atoms with Gasteiger partial charge < -0.3 is 14.7 Å². The molecule has 2 amide bonds. The molecule has 0 aliphatic heterocycles. The topological polar surface area (TPSA) is 71.3 Å². The number of rotatable bonds is 5. The lowest BCUT2D eigenvalue weighted by Crippen LogP contribution is -2.33. The van der Waals surface area contributed by atoms with Gasteiger partial charge in [-0.3, -0.25) is 0 Å². The van der Waals surface area contributed by atoms with Gasteiger partial charge in [0.25, 0.3) is 5.89 Å². The number of aromatic nitrogens is 2. The lowest BCUT2D eigenvalue weighted by molar-refractivity contribution is 0.222. The first-order chi connectivity index (χ1) is 12.5. The van der Waals surface area contributed by atoms with Gasteiger partial charge in [0, 0.05) is 31.3 Å². The van der Waals surface area contributed by atoms with Crippen molar-refractivity contribution in [3.05, 3.63) is 65.7 Å². The number of carbonyl (C=O) groups is 1. The number of nitrogens with zero attached hydrogens (tertiary/aromatic N) is 3. The van der Waals surface area contributed by atoms with Crippen LogP contribution in [0.3, 0.4) is 0 Å². The first-order valence-corrected chi connectivity index (χ1v) is 8.18. The molecular weight excluding hydrogens is 335 g/mol. The number of urea groups is 1. The van der Waals surface area contributed by atoms with Crippen molar-refractivity contribution < 1.29 is 13.7 Å². The van der Waals surface area contributed by atoms with Crippen LogP contribution in [0.5, 0.6) is 0 Å². The zero-order chi connectivity index (χ0) is 18.5. The van der Waals surface area contributed by atoms with Crippen molar-refractivity contribution in [3.8, 4) is 11.5 Å². The summed E-state index contributed by atoms with van der Waals surface area (Å²) < 4.78 is 18.2. The molecule has 7 heteroatoms. The van der Waals surface area contributed by atoms with E-state index in [1.165, 1.54) is 12.1 Å². The van der Waals surface area contributed by atoms with Crippen molar-refractivity contribution in [1.29, 1.82) is 0 Å². The smallest absolute Gasteiger partial charge is 0.321 e. The number of carbonyl (C=O) groups excluding carboxylic acids is 1. The highest BCUT2D eigenvalue weighted by Gasteiger charge is 2.13. The van der Waals surface area contributed by atoms with Crippen LogP contribution >= 0.6 is 0 Å². The number of amides is 2. The summed E-state index contributed by atoms with van der Waals surface area (Å²) in [7, 11) is 1.70. The summed E-state index contributed by atoms with van der Waals surface area (Å²) in [4.78, 5) is 18.0. The van der Waals surface area contributed by atoms with Crippen molar-refractivity contribution in [1.82, 2.24) is 15.0 Å². The van der Waals surface area contributed by atoms with E-state index in [2.05, 4.69) is 15.5 Å². The Balaban J connectivity index is 1.55. The summed E-state index contributed by atoms with van der Waals surface area (Å²) in [6, 6.07) is 13.2. The molecular formula is C19H19FN4O2. The van der Waals surface area contributed by atoms with Crippen LogP contribution in [0.1, 0.15) is 11.4 Å². The minimum absolute atomic E-state index is 0.210. The van der Waals surface area contributed by atoms with E-state index in [1.54, 1.807) is 24.1 Å². The van der Waals surface area contributed by atoms with Crippen LogP contribution in [0.4, 0.5) is 14.9 Å². The second kappa shape index (κ2) is 7.77. The zero-order valence-corrected chi connectivity index (χ0v) is 14.6. The minimum Gasteiger partial charge on any atom is -0.334 e. The number of aryl methyl sites for hydroxylation is 1. The fraction of sp³-hybridized carbons (Fsp3) is 0.211. The van der Waals surface area contributed by atoms with Crippen LogP contribution in [-0.4, -0.2) is 34.7 Å². The van der Waals surface area contributed by atoms with E-state index in [0.717, 1.165) is 11.3 Å². The second-order valence-corrected chi connectivity index (χ2v) is 5.99. The molecule has 1 heterocycles. The molecule has 3 aromatic rings. The SMILES string of the molecule is Cc1cccc(NC(=O)N(C)CCc2noc(-c3ccc(F)cc3)n2)c1. The fourth-order valence-electron chi connectivity index (χ4n) is 2.38. The van der Waals surface area contributed by atoms with Gasteiger partial charge in [0.05, 0.1) is 0 Å². The number of likely N-dealkylation sites (N-methyl/N-ethyl adjacent to an activating group) is 1. The number of hydrogen-bond donors (Lipinski definition) is 1. The van der Waals surface area contributed by atoms with Gasteiger partial charge in [0.15, 0.2) is 5.82 Å². The average molecular weight is 354 g/mol. The Morgan fingerprint density at radius 3 is 2.73 bits per heavy atom.